The number of para-hydroxylation sites is 1. The summed E-state index contributed by atoms with van der Waals surface area (Å²) in [6.45, 7) is 1.69. The molecule has 1 aromatic heterocycles. The number of aromatic nitrogens is 1. The number of urea groups is 1. The molecule has 0 unspecified atom stereocenters. The Kier molecular flexibility index (Phi) is 5.67. The molecule has 1 spiro atoms. The quantitative estimate of drug-likeness (QED) is 0.430. The summed E-state index contributed by atoms with van der Waals surface area (Å²) in [6, 6.07) is 7.06. The molecule has 1 saturated carbocycles. The minimum absolute atomic E-state index is 0.0785. The van der Waals surface area contributed by atoms with Crippen LogP contribution in [0.4, 0.5) is 4.79 Å². The highest BCUT2D eigenvalue weighted by atomic mass is 16.2. The maximum atomic E-state index is 12.9. The number of carbonyl (C=O) groups excluding carboxylic acids is 4. The number of nitrogens with zero attached hydrogens (tertiary/aromatic N) is 1. The number of hydrogen-bond donors (Lipinski definition) is 4. The molecule has 2 aliphatic rings. The highest BCUT2D eigenvalue weighted by Gasteiger charge is 2.52. The Bertz CT molecular complexity index is 1020. The minimum Gasteiger partial charge on any atom is -0.361 e. The van der Waals surface area contributed by atoms with Crippen LogP contribution >= 0.6 is 0 Å². The van der Waals surface area contributed by atoms with E-state index in [4.69, 9.17) is 0 Å². The Balaban J connectivity index is 1.29. The number of nitrogens with one attached hydrogen (secondary N) is 4. The molecule has 4 N–H and O–H groups in total. The SMILES string of the molecule is CCC1CCC2(CC1)NC(=O)N(CC(=O)NNC(=O)Cc1c[nH]c3ccccc13)C2=O. The van der Waals surface area contributed by atoms with Gasteiger partial charge in [0.05, 0.1) is 6.42 Å². The Hall–Kier alpha value is -3.36. The van der Waals surface area contributed by atoms with Crippen LogP contribution in [0.2, 0.25) is 0 Å². The number of carbonyl (C=O) groups is 4. The molecular formula is C22H27N5O4. The zero-order chi connectivity index (χ0) is 22.0. The molecule has 0 atom stereocenters. The van der Waals surface area contributed by atoms with E-state index < -0.39 is 29.9 Å². The average molecular weight is 425 g/mol. The molecule has 2 fully saturated rings. The van der Waals surface area contributed by atoms with Crippen molar-refractivity contribution in [2.45, 2.75) is 51.0 Å². The molecule has 0 radical (unpaired) electrons. The Morgan fingerprint density at radius 3 is 2.58 bits per heavy atom. The summed E-state index contributed by atoms with van der Waals surface area (Å²) < 4.78 is 0. The molecule has 31 heavy (non-hydrogen) atoms. The second-order valence-electron chi connectivity index (χ2n) is 8.39. The van der Waals surface area contributed by atoms with E-state index >= 15 is 0 Å². The molecule has 164 valence electrons. The van der Waals surface area contributed by atoms with E-state index in [2.05, 4.69) is 28.1 Å². The summed E-state index contributed by atoms with van der Waals surface area (Å²) in [4.78, 5) is 53.7. The van der Waals surface area contributed by atoms with Crippen molar-refractivity contribution >= 4 is 34.7 Å². The van der Waals surface area contributed by atoms with Crippen molar-refractivity contribution in [3.63, 3.8) is 0 Å². The lowest BCUT2D eigenvalue weighted by Gasteiger charge is -2.34. The monoisotopic (exact) mass is 425 g/mol. The molecule has 1 aliphatic carbocycles. The molecule has 5 amide bonds. The normalized spacial score (nSPS) is 23.3. The third-order valence-corrected chi connectivity index (χ3v) is 6.45. The summed E-state index contributed by atoms with van der Waals surface area (Å²) in [5.41, 5.74) is 5.49. The molecule has 1 aliphatic heterocycles. The Morgan fingerprint density at radius 1 is 1.13 bits per heavy atom. The van der Waals surface area contributed by atoms with Gasteiger partial charge in [-0.15, -0.1) is 0 Å². The van der Waals surface area contributed by atoms with E-state index in [1.165, 1.54) is 0 Å². The van der Waals surface area contributed by atoms with Crippen LogP contribution in [-0.4, -0.2) is 45.7 Å². The molecule has 2 aromatic rings. The molecule has 4 rings (SSSR count). The number of fused-ring (bicyclic) bond motifs is 1. The number of aromatic amines is 1. The van der Waals surface area contributed by atoms with Gasteiger partial charge in [-0.1, -0.05) is 31.5 Å². The molecule has 2 heterocycles. The zero-order valence-corrected chi connectivity index (χ0v) is 17.5. The predicted molar refractivity (Wildman–Crippen MR) is 114 cm³/mol. The van der Waals surface area contributed by atoms with Crippen LogP contribution in [0.1, 0.15) is 44.6 Å². The van der Waals surface area contributed by atoms with Gasteiger partial charge in [0, 0.05) is 17.1 Å². The van der Waals surface area contributed by atoms with Crippen LogP contribution in [0.5, 0.6) is 0 Å². The summed E-state index contributed by atoms with van der Waals surface area (Å²) in [7, 11) is 0. The maximum absolute atomic E-state index is 12.9. The van der Waals surface area contributed by atoms with Gasteiger partial charge >= 0.3 is 6.03 Å². The van der Waals surface area contributed by atoms with Gasteiger partial charge in [-0.3, -0.25) is 30.1 Å². The molecule has 9 nitrogen and oxygen atoms in total. The second kappa shape index (κ2) is 8.41. The molecule has 1 aromatic carbocycles. The Morgan fingerprint density at radius 2 is 1.84 bits per heavy atom. The van der Waals surface area contributed by atoms with Crippen molar-refractivity contribution in [1.82, 2.24) is 26.1 Å². The van der Waals surface area contributed by atoms with Gasteiger partial charge in [0.15, 0.2) is 0 Å². The number of hydrazine groups is 1. The highest BCUT2D eigenvalue weighted by molar-refractivity contribution is 6.09. The number of rotatable bonds is 5. The van der Waals surface area contributed by atoms with Gasteiger partial charge in [-0.05, 0) is 43.2 Å². The summed E-state index contributed by atoms with van der Waals surface area (Å²) in [5.74, 6) is -0.813. The fraction of sp³-hybridized carbons (Fsp3) is 0.455. The topological polar surface area (TPSA) is 123 Å². The third-order valence-electron chi connectivity index (χ3n) is 6.45. The molecule has 9 heteroatoms. The van der Waals surface area contributed by atoms with Crippen LogP contribution < -0.4 is 16.2 Å². The van der Waals surface area contributed by atoms with Crippen LogP contribution in [0.15, 0.2) is 30.5 Å². The van der Waals surface area contributed by atoms with Crippen LogP contribution in [0.3, 0.4) is 0 Å². The van der Waals surface area contributed by atoms with E-state index in [9.17, 15) is 19.2 Å². The summed E-state index contributed by atoms with van der Waals surface area (Å²) >= 11 is 0. The van der Waals surface area contributed by atoms with E-state index in [-0.39, 0.29) is 12.3 Å². The summed E-state index contributed by atoms with van der Waals surface area (Å²) in [6.07, 6.45) is 5.84. The average Bonchev–Trinajstić information content (AvgIpc) is 3.27. The lowest BCUT2D eigenvalue weighted by atomic mass is 9.75. The van der Waals surface area contributed by atoms with Gasteiger partial charge in [0.1, 0.15) is 12.1 Å². The van der Waals surface area contributed by atoms with Gasteiger partial charge < -0.3 is 10.3 Å². The zero-order valence-electron chi connectivity index (χ0n) is 17.5. The smallest absolute Gasteiger partial charge is 0.325 e. The van der Waals surface area contributed by atoms with Crippen LogP contribution in [0.25, 0.3) is 10.9 Å². The van der Waals surface area contributed by atoms with Crippen molar-refractivity contribution < 1.29 is 19.2 Å². The van der Waals surface area contributed by atoms with Gasteiger partial charge in [0.2, 0.25) is 5.91 Å². The standard InChI is InChI=1S/C22H27N5O4/c1-2-14-7-9-22(10-8-14)20(30)27(21(31)24-22)13-19(29)26-25-18(28)11-15-12-23-17-6-4-3-5-16(15)17/h3-6,12,14,23H,2,7-11,13H2,1H3,(H,24,31)(H,25,28)(H,26,29). The lowest BCUT2D eigenvalue weighted by molar-refractivity contribution is -0.136. The fourth-order valence-corrected chi connectivity index (χ4v) is 4.55. The molecular weight excluding hydrogens is 398 g/mol. The fourth-order valence-electron chi connectivity index (χ4n) is 4.55. The first-order valence-corrected chi connectivity index (χ1v) is 10.7. The summed E-state index contributed by atoms with van der Waals surface area (Å²) in [5, 5.41) is 3.73. The minimum atomic E-state index is -0.887. The van der Waals surface area contributed by atoms with E-state index in [0.29, 0.717) is 18.8 Å². The number of hydrogen-bond acceptors (Lipinski definition) is 4. The molecule has 0 bridgehead atoms. The van der Waals surface area contributed by atoms with Crippen molar-refractivity contribution in [2.24, 2.45) is 5.92 Å². The first kappa shape index (κ1) is 20.9. The van der Waals surface area contributed by atoms with Crippen molar-refractivity contribution in [2.75, 3.05) is 6.54 Å². The van der Waals surface area contributed by atoms with E-state index in [1.807, 2.05) is 24.3 Å². The van der Waals surface area contributed by atoms with E-state index in [0.717, 1.165) is 40.6 Å². The third kappa shape index (κ3) is 4.12. The predicted octanol–water partition coefficient (Wildman–Crippen LogP) is 1.75. The number of imide groups is 1. The van der Waals surface area contributed by atoms with Crippen LogP contribution in [0, 0.1) is 5.92 Å². The van der Waals surface area contributed by atoms with Gasteiger partial charge in [-0.2, -0.15) is 0 Å². The van der Waals surface area contributed by atoms with Gasteiger partial charge in [-0.25, -0.2) is 4.79 Å². The lowest BCUT2D eigenvalue weighted by Crippen LogP contribution is -2.51. The highest BCUT2D eigenvalue weighted by Crippen LogP contribution is 2.37. The second-order valence-corrected chi connectivity index (χ2v) is 8.39. The first-order valence-electron chi connectivity index (χ1n) is 10.7. The van der Waals surface area contributed by atoms with Crippen molar-refractivity contribution in [3.05, 3.63) is 36.0 Å². The van der Waals surface area contributed by atoms with E-state index in [1.54, 1.807) is 6.20 Å². The Labute approximate surface area is 179 Å². The number of H-pyrrole nitrogens is 1. The number of amides is 5. The maximum Gasteiger partial charge on any atom is 0.325 e. The first-order chi connectivity index (χ1) is 14.9. The van der Waals surface area contributed by atoms with Crippen molar-refractivity contribution in [1.29, 1.82) is 0 Å². The largest absolute Gasteiger partial charge is 0.361 e. The van der Waals surface area contributed by atoms with Crippen molar-refractivity contribution in [3.8, 4) is 0 Å². The van der Waals surface area contributed by atoms with Gasteiger partial charge in [0.25, 0.3) is 11.8 Å². The molecule has 1 saturated heterocycles. The number of benzene rings is 1. The van der Waals surface area contributed by atoms with Crippen LogP contribution in [-0.2, 0) is 20.8 Å².